The average Bonchev–Trinajstić information content (AvgIpc) is 2.69. The Hall–Kier alpha value is -1.25. The molecule has 0 amide bonds. The first-order valence-corrected chi connectivity index (χ1v) is 8.39. The molecule has 0 aromatic heterocycles. The van der Waals surface area contributed by atoms with Crippen LogP contribution >= 0.6 is 11.8 Å². The summed E-state index contributed by atoms with van der Waals surface area (Å²) in [6.07, 6.45) is 2.47. The van der Waals surface area contributed by atoms with Gasteiger partial charge < -0.3 is 5.32 Å². The van der Waals surface area contributed by atoms with E-state index in [9.17, 15) is 0 Å². The van der Waals surface area contributed by atoms with E-state index in [4.69, 9.17) is 0 Å². The molecule has 20 heavy (non-hydrogen) atoms. The summed E-state index contributed by atoms with van der Waals surface area (Å²) >= 11 is 1.99. The van der Waals surface area contributed by atoms with Crippen molar-refractivity contribution in [1.29, 1.82) is 0 Å². The first-order valence-electron chi connectivity index (χ1n) is 7.41. The van der Waals surface area contributed by atoms with Crippen LogP contribution in [-0.2, 0) is 0 Å². The van der Waals surface area contributed by atoms with Gasteiger partial charge in [0.05, 0.1) is 6.04 Å². The molecule has 1 aliphatic rings. The lowest BCUT2D eigenvalue weighted by Crippen LogP contribution is -2.33. The Balaban J connectivity index is 1.99. The number of benzene rings is 2. The van der Waals surface area contributed by atoms with Gasteiger partial charge in [0, 0.05) is 16.7 Å². The summed E-state index contributed by atoms with van der Waals surface area (Å²) in [4.78, 5) is 1.42. The third kappa shape index (κ3) is 2.92. The van der Waals surface area contributed by atoms with Gasteiger partial charge in [-0.3, -0.25) is 0 Å². The molecule has 2 atom stereocenters. The fourth-order valence-electron chi connectivity index (χ4n) is 2.85. The van der Waals surface area contributed by atoms with Crippen molar-refractivity contribution in [3.63, 3.8) is 0 Å². The van der Waals surface area contributed by atoms with Gasteiger partial charge >= 0.3 is 0 Å². The van der Waals surface area contributed by atoms with Crippen molar-refractivity contribution in [1.82, 2.24) is 5.32 Å². The molecule has 0 aliphatic carbocycles. The van der Waals surface area contributed by atoms with E-state index < -0.39 is 0 Å². The minimum absolute atomic E-state index is 0.318. The average molecular weight is 283 g/mol. The van der Waals surface area contributed by atoms with Crippen LogP contribution in [0.4, 0.5) is 0 Å². The largest absolute Gasteiger partial charge is 0.303 e. The Morgan fingerprint density at radius 2 is 1.80 bits per heavy atom. The summed E-state index contributed by atoms with van der Waals surface area (Å²) in [6.45, 7) is 2.27. The highest BCUT2D eigenvalue weighted by molar-refractivity contribution is 7.99. The van der Waals surface area contributed by atoms with Gasteiger partial charge in [0.2, 0.25) is 0 Å². The maximum absolute atomic E-state index is 3.87. The lowest BCUT2D eigenvalue weighted by molar-refractivity contribution is 0.476. The Kier molecular flexibility index (Phi) is 4.44. The minimum atomic E-state index is 0.318. The van der Waals surface area contributed by atoms with Crippen molar-refractivity contribution in [3.05, 3.63) is 65.7 Å². The molecule has 0 spiro atoms. The molecule has 0 fully saturated rings. The van der Waals surface area contributed by atoms with Gasteiger partial charge in [0.25, 0.3) is 0 Å². The van der Waals surface area contributed by atoms with Gasteiger partial charge in [-0.1, -0.05) is 61.9 Å². The molecule has 1 heterocycles. The van der Waals surface area contributed by atoms with Gasteiger partial charge in [-0.05, 0) is 23.6 Å². The Morgan fingerprint density at radius 3 is 2.60 bits per heavy atom. The van der Waals surface area contributed by atoms with Crippen LogP contribution in [0.1, 0.15) is 36.9 Å². The number of nitrogens with one attached hydrogen (secondary N) is 1. The third-order valence-electron chi connectivity index (χ3n) is 3.84. The molecule has 0 saturated heterocycles. The second-order valence-corrected chi connectivity index (χ2v) is 6.41. The maximum atomic E-state index is 3.87. The van der Waals surface area contributed by atoms with Crippen LogP contribution < -0.4 is 5.32 Å². The molecule has 1 N–H and O–H groups in total. The summed E-state index contributed by atoms with van der Waals surface area (Å²) in [5.41, 5.74) is 2.78. The van der Waals surface area contributed by atoms with Gasteiger partial charge in [0.1, 0.15) is 0 Å². The first kappa shape index (κ1) is 13.7. The van der Waals surface area contributed by atoms with Crippen molar-refractivity contribution in [2.24, 2.45) is 0 Å². The monoisotopic (exact) mass is 283 g/mol. The molecular formula is C18H21NS. The molecule has 2 unspecified atom stereocenters. The smallest absolute Gasteiger partial charge is 0.0590 e. The summed E-state index contributed by atoms with van der Waals surface area (Å²) in [5, 5.41) is 3.87. The number of rotatable bonds is 3. The van der Waals surface area contributed by atoms with E-state index >= 15 is 0 Å². The second kappa shape index (κ2) is 6.47. The standard InChI is InChI=1S/C18H21NS/c1-2-8-15-13-20-17-12-7-6-11-16(17)18(19-15)14-9-4-3-5-10-14/h3-7,9-12,15,18-19H,2,8,13H2,1H3. The van der Waals surface area contributed by atoms with Crippen LogP contribution in [0.5, 0.6) is 0 Å². The topological polar surface area (TPSA) is 12.0 Å². The molecule has 0 bridgehead atoms. The summed E-state index contributed by atoms with van der Waals surface area (Å²) in [6, 6.07) is 20.5. The lowest BCUT2D eigenvalue weighted by Gasteiger charge is -2.23. The molecule has 2 heteroatoms. The quantitative estimate of drug-likeness (QED) is 0.880. The number of thioether (sulfide) groups is 1. The zero-order valence-corrected chi connectivity index (χ0v) is 12.7. The van der Waals surface area contributed by atoms with Crippen LogP contribution in [-0.4, -0.2) is 11.8 Å². The normalized spacial score (nSPS) is 22.1. The van der Waals surface area contributed by atoms with Crippen molar-refractivity contribution in [2.45, 2.75) is 36.7 Å². The van der Waals surface area contributed by atoms with Crippen molar-refractivity contribution in [3.8, 4) is 0 Å². The molecule has 0 saturated carbocycles. The molecule has 1 aliphatic heterocycles. The second-order valence-electron chi connectivity index (χ2n) is 5.34. The van der Waals surface area contributed by atoms with Crippen LogP contribution in [0.25, 0.3) is 0 Å². The lowest BCUT2D eigenvalue weighted by atomic mass is 9.97. The summed E-state index contributed by atoms with van der Waals surface area (Å²) in [7, 11) is 0. The van der Waals surface area contributed by atoms with Crippen LogP contribution in [0, 0.1) is 0 Å². The zero-order valence-electron chi connectivity index (χ0n) is 11.9. The van der Waals surface area contributed by atoms with Crippen LogP contribution in [0.3, 0.4) is 0 Å². The van der Waals surface area contributed by atoms with E-state index in [0.29, 0.717) is 12.1 Å². The molecule has 2 aromatic carbocycles. The van der Waals surface area contributed by atoms with E-state index in [0.717, 1.165) is 5.75 Å². The molecule has 0 radical (unpaired) electrons. The minimum Gasteiger partial charge on any atom is -0.303 e. The summed E-state index contributed by atoms with van der Waals surface area (Å²) in [5.74, 6) is 1.16. The van der Waals surface area contributed by atoms with E-state index in [1.165, 1.54) is 28.9 Å². The number of hydrogen-bond acceptors (Lipinski definition) is 2. The molecule has 2 aromatic rings. The molecule has 104 valence electrons. The SMILES string of the molecule is CCCC1CSc2ccccc2C(c2ccccc2)N1. The molecule has 3 rings (SSSR count). The number of fused-ring (bicyclic) bond motifs is 1. The highest BCUT2D eigenvalue weighted by atomic mass is 32.2. The van der Waals surface area contributed by atoms with E-state index in [1.807, 2.05) is 11.8 Å². The van der Waals surface area contributed by atoms with Gasteiger partial charge in [-0.2, -0.15) is 0 Å². The Labute approximate surface area is 125 Å². The number of hydrogen-bond donors (Lipinski definition) is 1. The van der Waals surface area contributed by atoms with E-state index in [1.54, 1.807) is 0 Å². The van der Waals surface area contributed by atoms with E-state index in [2.05, 4.69) is 66.8 Å². The zero-order chi connectivity index (χ0) is 13.8. The first-order chi connectivity index (χ1) is 9.88. The fourth-order valence-corrected chi connectivity index (χ4v) is 4.02. The highest BCUT2D eigenvalue weighted by Crippen LogP contribution is 2.35. The van der Waals surface area contributed by atoms with Crippen molar-refractivity contribution in [2.75, 3.05) is 5.75 Å². The predicted molar refractivity (Wildman–Crippen MR) is 87.3 cm³/mol. The van der Waals surface area contributed by atoms with Crippen molar-refractivity contribution >= 4 is 11.8 Å². The van der Waals surface area contributed by atoms with Gasteiger partial charge in [0.15, 0.2) is 0 Å². The summed E-state index contributed by atoms with van der Waals surface area (Å²) < 4.78 is 0. The van der Waals surface area contributed by atoms with Crippen molar-refractivity contribution < 1.29 is 0 Å². The predicted octanol–water partition coefficient (Wildman–Crippen LogP) is 4.64. The fraction of sp³-hybridized carbons (Fsp3) is 0.333. The highest BCUT2D eigenvalue weighted by Gasteiger charge is 2.24. The van der Waals surface area contributed by atoms with Crippen LogP contribution in [0.2, 0.25) is 0 Å². The Bertz CT molecular complexity index is 552. The van der Waals surface area contributed by atoms with Crippen LogP contribution in [0.15, 0.2) is 59.5 Å². The maximum Gasteiger partial charge on any atom is 0.0590 e. The van der Waals surface area contributed by atoms with E-state index in [-0.39, 0.29) is 0 Å². The third-order valence-corrected chi connectivity index (χ3v) is 5.09. The molecule has 1 nitrogen and oxygen atoms in total. The van der Waals surface area contributed by atoms with Gasteiger partial charge in [-0.15, -0.1) is 11.8 Å². The molecular weight excluding hydrogens is 262 g/mol. The Morgan fingerprint density at radius 1 is 1.05 bits per heavy atom. The van der Waals surface area contributed by atoms with Gasteiger partial charge in [-0.25, -0.2) is 0 Å².